The van der Waals surface area contributed by atoms with Crippen LogP contribution in [-0.2, 0) is 0 Å². The van der Waals surface area contributed by atoms with Gasteiger partial charge in [0.2, 0.25) is 0 Å². The minimum absolute atomic E-state index is 0.284. The lowest BCUT2D eigenvalue weighted by molar-refractivity contribution is 0.366. The van der Waals surface area contributed by atoms with Crippen molar-refractivity contribution in [3.63, 3.8) is 0 Å². The molecule has 0 rings (SSSR count). The molecule has 0 aromatic carbocycles. The fourth-order valence-electron chi connectivity index (χ4n) is 1.30. The summed E-state index contributed by atoms with van der Waals surface area (Å²) in [5.41, 5.74) is 1.69. The van der Waals surface area contributed by atoms with Gasteiger partial charge in [0.25, 0.3) is 0 Å². The highest BCUT2D eigenvalue weighted by molar-refractivity contribution is 5.06. The maximum absolute atomic E-state index is 2.33. The van der Waals surface area contributed by atoms with Gasteiger partial charge in [0.15, 0.2) is 0 Å². The van der Waals surface area contributed by atoms with Crippen LogP contribution in [0.5, 0.6) is 0 Å². The molecule has 0 saturated carbocycles. The molecule has 0 aromatic rings. The number of allylic oxidation sites excluding steroid dienone is 4. The van der Waals surface area contributed by atoms with Gasteiger partial charge >= 0.3 is 0 Å². The summed E-state index contributed by atoms with van der Waals surface area (Å²) in [4.78, 5) is 0. The van der Waals surface area contributed by atoms with E-state index in [4.69, 9.17) is 0 Å². The highest BCUT2D eigenvalue weighted by Crippen LogP contribution is 2.29. The third-order valence-corrected chi connectivity index (χ3v) is 2.35. The van der Waals surface area contributed by atoms with E-state index in [2.05, 4.69) is 59.8 Å². The summed E-state index contributed by atoms with van der Waals surface area (Å²) in [6, 6.07) is 0. The average Bonchev–Trinajstić information content (AvgIpc) is 1.85. The number of hydrogen-bond donors (Lipinski definition) is 0. The second-order valence-electron chi connectivity index (χ2n) is 4.35. The van der Waals surface area contributed by atoms with Gasteiger partial charge in [-0.1, -0.05) is 44.6 Å². The number of hydrogen-bond acceptors (Lipinski definition) is 0. The Morgan fingerprint density at radius 1 is 1.25 bits per heavy atom. The van der Waals surface area contributed by atoms with E-state index in [1.807, 2.05) is 0 Å². The van der Waals surface area contributed by atoms with Gasteiger partial charge in [-0.15, -0.1) is 0 Å². The van der Waals surface area contributed by atoms with Crippen LogP contribution in [0, 0.1) is 11.3 Å². The molecule has 0 radical (unpaired) electrons. The molecule has 0 saturated heterocycles. The zero-order valence-electron chi connectivity index (χ0n) is 9.31. The molecule has 0 nitrogen and oxygen atoms in total. The Morgan fingerprint density at radius 3 is 2.08 bits per heavy atom. The Balaban J connectivity index is 4.45. The molecular formula is C12H22. The van der Waals surface area contributed by atoms with Crippen LogP contribution in [-0.4, -0.2) is 0 Å². The Bertz CT molecular complexity index is 178. The highest BCUT2D eigenvalue weighted by Gasteiger charge is 2.19. The number of rotatable bonds is 3. The second-order valence-corrected chi connectivity index (χ2v) is 4.35. The quantitative estimate of drug-likeness (QED) is 0.551. The molecule has 0 spiro atoms. The zero-order chi connectivity index (χ0) is 9.78. The predicted molar refractivity (Wildman–Crippen MR) is 57.2 cm³/mol. The molecule has 0 aliphatic heterocycles. The van der Waals surface area contributed by atoms with E-state index in [9.17, 15) is 0 Å². The fourth-order valence-corrected chi connectivity index (χ4v) is 1.30. The maximum atomic E-state index is 2.33. The first-order valence-electron chi connectivity index (χ1n) is 4.69. The van der Waals surface area contributed by atoms with E-state index in [0.29, 0.717) is 5.92 Å². The lowest BCUT2D eigenvalue weighted by Gasteiger charge is -2.26. The van der Waals surface area contributed by atoms with Crippen molar-refractivity contribution in [3.8, 4) is 0 Å². The molecule has 0 fully saturated rings. The fraction of sp³-hybridized carbons (Fsp3) is 0.667. The first-order chi connectivity index (χ1) is 5.40. The van der Waals surface area contributed by atoms with Crippen LogP contribution in [0.25, 0.3) is 0 Å². The molecule has 12 heavy (non-hydrogen) atoms. The Kier molecular flexibility index (Phi) is 4.30. The third-order valence-electron chi connectivity index (χ3n) is 2.35. The minimum Gasteiger partial charge on any atom is -0.0911 e. The van der Waals surface area contributed by atoms with Crippen molar-refractivity contribution in [2.45, 2.75) is 41.5 Å². The predicted octanol–water partition coefficient (Wildman–Crippen LogP) is 4.19. The Hall–Kier alpha value is -0.520. The van der Waals surface area contributed by atoms with Gasteiger partial charge in [-0.05, 0) is 32.1 Å². The van der Waals surface area contributed by atoms with Crippen molar-refractivity contribution in [2.75, 3.05) is 0 Å². The molecule has 0 N–H and O–H groups in total. The van der Waals surface area contributed by atoms with E-state index >= 15 is 0 Å². The van der Waals surface area contributed by atoms with E-state index in [1.165, 1.54) is 5.57 Å². The van der Waals surface area contributed by atoms with Gasteiger partial charge in [-0.25, -0.2) is 0 Å². The van der Waals surface area contributed by atoms with Crippen molar-refractivity contribution < 1.29 is 0 Å². The van der Waals surface area contributed by atoms with Gasteiger partial charge in [-0.3, -0.25) is 0 Å². The van der Waals surface area contributed by atoms with Crippen LogP contribution in [0.15, 0.2) is 23.8 Å². The summed E-state index contributed by atoms with van der Waals surface area (Å²) in [5, 5.41) is 0. The topological polar surface area (TPSA) is 0 Å². The van der Waals surface area contributed by atoms with Crippen molar-refractivity contribution in [1.82, 2.24) is 0 Å². The van der Waals surface area contributed by atoms with E-state index in [0.717, 1.165) is 0 Å². The molecule has 0 aromatic heterocycles. The summed E-state index contributed by atoms with van der Waals surface area (Å²) < 4.78 is 0. The van der Waals surface area contributed by atoms with Crippen LogP contribution in [0.2, 0.25) is 0 Å². The standard InChI is InChI=1S/C12H22/c1-7-8-12(5,6)11(4)9-10(2)3/h7-9,11H,1-6H3/b8-7+/t11-/m0/s1. The molecule has 70 valence electrons. The summed E-state index contributed by atoms with van der Waals surface area (Å²) >= 11 is 0. The zero-order valence-corrected chi connectivity index (χ0v) is 9.31. The van der Waals surface area contributed by atoms with Crippen LogP contribution < -0.4 is 0 Å². The largest absolute Gasteiger partial charge is 0.0911 e. The van der Waals surface area contributed by atoms with Crippen molar-refractivity contribution in [1.29, 1.82) is 0 Å². The smallest absolute Gasteiger partial charge is 0.0115 e. The third kappa shape index (κ3) is 3.75. The van der Waals surface area contributed by atoms with Gasteiger partial charge in [0.1, 0.15) is 0 Å². The first kappa shape index (κ1) is 11.5. The molecule has 0 aliphatic carbocycles. The summed E-state index contributed by atoms with van der Waals surface area (Å²) in [6.07, 6.45) is 6.74. The summed E-state index contributed by atoms with van der Waals surface area (Å²) in [7, 11) is 0. The van der Waals surface area contributed by atoms with Crippen LogP contribution in [0.3, 0.4) is 0 Å². The molecule has 0 amide bonds. The Morgan fingerprint density at radius 2 is 1.75 bits per heavy atom. The lowest BCUT2D eigenvalue weighted by Crippen LogP contribution is -2.16. The lowest BCUT2D eigenvalue weighted by atomic mass is 9.79. The molecule has 0 unspecified atom stereocenters. The van der Waals surface area contributed by atoms with Crippen molar-refractivity contribution in [3.05, 3.63) is 23.8 Å². The average molecular weight is 166 g/mol. The molecule has 0 aliphatic rings. The first-order valence-corrected chi connectivity index (χ1v) is 4.69. The monoisotopic (exact) mass is 166 g/mol. The maximum Gasteiger partial charge on any atom is -0.0115 e. The van der Waals surface area contributed by atoms with Crippen LogP contribution in [0.1, 0.15) is 41.5 Å². The van der Waals surface area contributed by atoms with Gasteiger partial charge < -0.3 is 0 Å². The van der Waals surface area contributed by atoms with Gasteiger partial charge in [-0.2, -0.15) is 0 Å². The van der Waals surface area contributed by atoms with E-state index < -0.39 is 0 Å². The van der Waals surface area contributed by atoms with Crippen LogP contribution in [0.4, 0.5) is 0 Å². The summed E-state index contributed by atoms with van der Waals surface area (Å²) in [5.74, 6) is 0.610. The Labute approximate surface area is 77.4 Å². The molecule has 0 bridgehead atoms. The highest BCUT2D eigenvalue weighted by atomic mass is 14.2. The van der Waals surface area contributed by atoms with Gasteiger partial charge in [0, 0.05) is 0 Å². The SMILES string of the molecule is C/C=C/C(C)(C)[C@@H](C)C=C(C)C. The van der Waals surface area contributed by atoms with E-state index in [1.54, 1.807) is 0 Å². The minimum atomic E-state index is 0.284. The molecule has 1 atom stereocenters. The normalized spacial score (nSPS) is 14.8. The van der Waals surface area contributed by atoms with E-state index in [-0.39, 0.29) is 5.41 Å². The molecular weight excluding hydrogens is 144 g/mol. The second kappa shape index (κ2) is 4.49. The molecule has 0 heterocycles. The van der Waals surface area contributed by atoms with Crippen molar-refractivity contribution in [2.24, 2.45) is 11.3 Å². The summed E-state index contributed by atoms with van der Waals surface area (Å²) in [6.45, 7) is 13.2. The van der Waals surface area contributed by atoms with Crippen LogP contribution >= 0.6 is 0 Å². The van der Waals surface area contributed by atoms with Crippen molar-refractivity contribution >= 4 is 0 Å². The molecule has 0 heteroatoms. The van der Waals surface area contributed by atoms with Gasteiger partial charge in [0.05, 0.1) is 0 Å².